The summed E-state index contributed by atoms with van der Waals surface area (Å²) >= 11 is 10.8. The molecule has 1 amide bonds. The Morgan fingerprint density at radius 3 is 2.62 bits per heavy atom. The molecule has 6 heteroatoms. The molecule has 2 aromatic rings. The number of rotatable bonds is 2. The molecule has 1 aliphatic rings. The van der Waals surface area contributed by atoms with Crippen LogP contribution >= 0.6 is 39.3 Å². The van der Waals surface area contributed by atoms with E-state index in [2.05, 4.69) is 15.9 Å². The number of amides is 1. The average Bonchev–Trinajstić information content (AvgIpc) is 2.85. The molecular weight excluding hydrogens is 377 g/mol. The Labute approximate surface area is 139 Å². The van der Waals surface area contributed by atoms with Crippen LogP contribution in [0.4, 0.5) is 10.1 Å². The maximum Gasteiger partial charge on any atom is 0.238 e. The average molecular weight is 387 g/mol. The Morgan fingerprint density at radius 2 is 1.95 bits per heavy atom. The minimum atomic E-state index is -0.486. The zero-order chi connectivity index (χ0) is 15.0. The largest absolute Gasteiger partial charge is 0.295 e. The second-order valence-corrected chi connectivity index (χ2v) is 6.97. The van der Waals surface area contributed by atoms with Crippen molar-refractivity contribution in [1.82, 2.24) is 0 Å². The third-order valence-electron chi connectivity index (χ3n) is 3.20. The first-order valence-electron chi connectivity index (χ1n) is 6.20. The third-order valence-corrected chi connectivity index (χ3v) is 5.24. The van der Waals surface area contributed by atoms with Gasteiger partial charge in [-0.25, -0.2) is 4.39 Å². The quantitative estimate of drug-likeness (QED) is 0.722. The monoisotopic (exact) mass is 385 g/mol. The van der Waals surface area contributed by atoms with Crippen molar-refractivity contribution in [3.8, 4) is 0 Å². The SMILES string of the molecule is O=C1CS[C@@H](c2ccc(Br)cc2)N1c1ccc(F)c(Cl)c1. The molecule has 108 valence electrons. The van der Waals surface area contributed by atoms with Gasteiger partial charge >= 0.3 is 0 Å². The van der Waals surface area contributed by atoms with Gasteiger partial charge in [-0.1, -0.05) is 39.7 Å². The van der Waals surface area contributed by atoms with E-state index in [1.54, 1.807) is 22.7 Å². The summed E-state index contributed by atoms with van der Waals surface area (Å²) in [4.78, 5) is 13.8. The third kappa shape index (κ3) is 2.96. The molecule has 0 N–H and O–H groups in total. The number of benzene rings is 2. The predicted octanol–water partition coefficient (Wildman–Crippen LogP) is 5.02. The number of halogens is 3. The van der Waals surface area contributed by atoms with Gasteiger partial charge in [0.05, 0.1) is 10.8 Å². The summed E-state index contributed by atoms with van der Waals surface area (Å²) in [6.07, 6.45) is 0. The van der Waals surface area contributed by atoms with Gasteiger partial charge < -0.3 is 0 Å². The summed E-state index contributed by atoms with van der Waals surface area (Å²) in [5.41, 5.74) is 1.64. The minimum Gasteiger partial charge on any atom is -0.295 e. The van der Waals surface area contributed by atoms with Crippen LogP contribution in [0.25, 0.3) is 0 Å². The van der Waals surface area contributed by atoms with Crippen molar-refractivity contribution >= 4 is 50.9 Å². The zero-order valence-electron chi connectivity index (χ0n) is 10.7. The molecule has 2 aromatic carbocycles. The predicted molar refractivity (Wildman–Crippen MR) is 88.2 cm³/mol. The van der Waals surface area contributed by atoms with Crippen LogP contribution in [0.3, 0.4) is 0 Å². The van der Waals surface area contributed by atoms with Crippen molar-refractivity contribution < 1.29 is 9.18 Å². The van der Waals surface area contributed by atoms with Gasteiger partial charge in [-0.15, -0.1) is 11.8 Å². The summed E-state index contributed by atoms with van der Waals surface area (Å²) in [7, 11) is 0. The molecule has 0 saturated carbocycles. The Bertz CT molecular complexity index is 695. The van der Waals surface area contributed by atoms with Crippen LogP contribution in [-0.2, 0) is 4.79 Å². The van der Waals surface area contributed by atoms with E-state index in [1.807, 2.05) is 24.3 Å². The lowest BCUT2D eigenvalue weighted by Crippen LogP contribution is -2.27. The summed E-state index contributed by atoms with van der Waals surface area (Å²) in [6.45, 7) is 0. The minimum absolute atomic E-state index is 0.00408. The topological polar surface area (TPSA) is 20.3 Å². The van der Waals surface area contributed by atoms with Crippen molar-refractivity contribution in [3.63, 3.8) is 0 Å². The Kier molecular flexibility index (Phi) is 4.24. The van der Waals surface area contributed by atoms with Gasteiger partial charge in [0.2, 0.25) is 5.91 Å². The molecule has 1 heterocycles. The number of thioether (sulfide) groups is 1. The van der Waals surface area contributed by atoms with E-state index >= 15 is 0 Å². The summed E-state index contributed by atoms with van der Waals surface area (Å²) in [6, 6.07) is 12.2. The van der Waals surface area contributed by atoms with Crippen LogP contribution in [0.2, 0.25) is 5.02 Å². The molecule has 0 unspecified atom stereocenters. The molecule has 21 heavy (non-hydrogen) atoms. The van der Waals surface area contributed by atoms with Gasteiger partial charge in [0.1, 0.15) is 11.2 Å². The smallest absolute Gasteiger partial charge is 0.238 e. The van der Waals surface area contributed by atoms with Crippen molar-refractivity contribution in [2.24, 2.45) is 0 Å². The number of hydrogen-bond acceptors (Lipinski definition) is 2. The molecule has 0 aromatic heterocycles. The fourth-order valence-corrected chi connectivity index (χ4v) is 3.83. The second-order valence-electron chi connectivity index (χ2n) is 4.58. The second kappa shape index (κ2) is 5.99. The van der Waals surface area contributed by atoms with Crippen LogP contribution < -0.4 is 4.90 Å². The lowest BCUT2D eigenvalue weighted by Gasteiger charge is -2.24. The van der Waals surface area contributed by atoms with Gasteiger partial charge in [0.25, 0.3) is 0 Å². The van der Waals surface area contributed by atoms with E-state index in [-0.39, 0.29) is 16.3 Å². The maximum atomic E-state index is 13.3. The summed E-state index contributed by atoms with van der Waals surface area (Å²) in [5, 5.41) is -0.0983. The molecule has 1 aliphatic heterocycles. The lowest BCUT2D eigenvalue weighted by atomic mass is 10.2. The van der Waals surface area contributed by atoms with Crippen LogP contribution in [0.5, 0.6) is 0 Å². The Balaban J connectivity index is 1.99. The number of carbonyl (C=O) groups excluding carboxylic acids is 1. The molecule has 0 bridgehead atoms. The van der Waals surface area contributed by atoms with E-state index in [4.69, 9.17) is 11.6 Å². The van der Waals surface area contributed by atoms with Crippen LogP contribution in [0.15, 0.2) is 46.9 Å². The van der Waals surface area contributed by atoms with Crippen molar-refractivity contribution in [1.29, 1.82) is 0 Å². The van der Waals surface area contributed by atoms with Crippen LogP contribution in [-0.4, -0.2) is 11.7 Å². The van der Waals surface area contributed by atoms with Crippen molar-refractivity contribution in [2.75, 3.05) is 10.7 Å². The van der Waals surface area contributed by atoms with E-state index in [0.29, 0.717) is 11.4 Å². The molecule has 0 radical (unpaired) electrons. The van der Waals surface area contributed by atoms with Gasteiger partial charge in [0.15, 0.2) is 0 Å². The fourth-order valence-electron chi connectivity index (χ4n) is 2.21. The zero-order valence-corrected chi connectivity index (χ0v) is 13.9. The molecule has 2 nitrogen and oxygen atoms in total. The highest BCUT2D eigenvalue weighted by atomic mass is 79.9. The normalized spacial score (nSPS) is 18.3. The van der Waals surface area contributed by atoms with E-state index in [1.165, 1.54) is 12.1 Å². The standard InChI is InChI=1S/C15H10BrClFNOS/c16-10-3-1-9(2-4-10)15-19(14(20)8-21-15)11-5-6-13(18)12(17)7-11/h1-7,15H,8H2/t15-/m0/s1. The number of hydrogen-bond donors (Lipinski definition) is 0. The molecule has 3 rings (SSSR count). The number of nitrogens with zero attached hydrogens (tertiary/aromatic N) is 1. The van der Waals surface area contributed by atoms with Gasteiger partial charge in [-0.2, -0.15) is 0 Å². The molecule has 0 aliphatic carbocycles. The number of anilines is 1. The molecule has 1 fully saturated rings. The first kappa shape index (κ1) is 14.9. The Morgan fingerprint density at radius 1 is 1.24 bits per heavy atom. The van der Waals surface area contributed by atoms with Crippen molar-refractivity contribution in [2.45, 2.75) is 5.37 Å². The van der Waals surface area contributed by atoms with E-state index in [9.17, 15) is 9.18 Å². The summed E-state index contributed by atoms with van der Waals surface area (Å²) in [5.74, 6) is -0.0917. The molecule has 0 spiro atoms. The van der Waals surface area contributed by atoms with Gasteiger partial charge in [-0.3, -0.25) is 9.69 Å². The Hall–Kier alpha value is -1.04. The number of carbonyl (C=O) groups is 1. The van der Waals surface area contributed by atoms with Crippen LogP contribution in [0.1, 0.15) is 10.9 Å². The van der Waals surface area contributed by atoms with Gasteiger partial charge in [0, 0.05) is 10.2 Å². The van der Waals surface area contributed by atoms with Gasteiger partial charge in [-0.05, 0) is 35.9 Å². The van der Waals surface area contributed by atoms with Crippen LogP contribution in [0, 0.1) is 5.82 Å². The highest BCUT2D eigenvalue weighted by molar-refractivity contribution is 9.10. The van der Waals surface area contributed by atoms with E-state index < -0.39 is 5.82 Å². The van der Waals surface area contributed by atoms with Crippen molar-refractivity contribution in [3.05, 3.63) is 63.3 Å². The molecule has 1 saturated heterocycles. The maximum absolute atomic E-state index is 13.3. The molecule has 1 atom stereocenters. The first-order chi connectivity index (χ1) is 10.1. The lowest BCUT2D eigenvalue weighted by molar-refractivity contribution is -0.115. The highest BCUT2D eigenvalue weighted by Crippen LogP contribution is 2.42. The molecular formula is C15H10BrClFNOS. The highest BCUT2D eigenvalue weighted by Gasteiger charge is 2.34. The van der Waals surface area contributed by atoms with E-state index in [0.717, 1.165) is 10.0 Å². The summed E-state index contributed by atoms with van der Waals surface area (Å²) < 4.78 is 14.3. The first-order valence-corrected chi connectivity index (χ1v) is 8.42. The fraction of sp³-hybridized carbons (Fsp3) is 0.133.